The molecule has 0 radical (unpaired) electrons. The highest BCUT2D eigenvalue weighted by Crippen LogP contribution is 2.53. The van der Waals surface area contributed by atoms with Crippen LogP contribution in [0.15, 0.2) is 146 Å². The molecule has 1 aliphatic carbocycles. The van der Waals surface area contributed by atoms with Crippen LogP contribution < -0.4 is 0 Å². The van der Waals surface area contributed by atoms with Crippen LogP contribution in [0.2, 0.25) is 0 Å². The Hall–Kier alpha value is -7.00. The Labute approximate surface area is 302 Å². The van der Waals surface area contributed by atoms with Gasteiger partial charge in [-0.25, -0.2) is 0 Å². The molecule has 2 heteroatoms. The Bertz CT molecular complexity index is 3060. The molecule has 0 saturated heterocycles. The fraction of sp³-hybridized carbons (Fsp3) is 0.0400. The van der Waals surface area contributed by atoms with Crippen LogP contribution in [0.4, 0.5) is 0 Å². The summed E-state index contributed by atoms with van der Waals surface area (Å²) < 4.78 is 0. The largest absolute Gasteiger partial charge is 0.192 e. The Morgan fingerprint density at radius 3 is 1.44 bits per heavy atom. The zero-order chi connectivity index (χ0) is 35.1. The van der Waals surface area contributed by atoms with Crippen LogP contribution in [-0.2, 0) is 0 Å². The molecule has 0 unspecified atom stereocenters. The number of hydrogen-bond acceptors (Lipinski definition) is 2. The molecule has 0 bridgehead atoms. The zero-order valence-corrected chi connectivity index (χ0v) is 28.8. The molecular formula is C50H30N2. The summed E-state index contributed by atoms with van der Waals surface area (Å²) in [7, 11) is 0. The molecule has 0 aromatic heterocycles. The number of aryl methyl sites for hydroxylation is 2. The highest BCUT2D eigenvalue weighted by molar-refractivity contribution is 6.27. The predicted molar refractivity (Wildman–Crippen MR) is 216 cm³/mol. The second-order valence-corrected chi connectivity index (χ2v) is 14.0. The minimum atomic E-state index is 0.647. The summed E-state index contributed by atoms with van der Waals surface area (Å²) in [5.74, 6) is 0. The molecule has 0 saturated carbocycles. The van der Waals surface area contributed by atoms with Crippen LogP contribution >= 0.6 is 0 Å². The first-order chi connectivity index (χ1) is 25.5. The maximum Gasteiger partial charge on any atom is 0.0991 e. The number of nitriles is 2. The number of hydrogen-bond donors (Lipinski definition) is 0. The third-order valence-corrected chi connectivity index (χ3v) is 11.1. The molecule has 2 nitrogen and oxygen atoms in total. The first kappa shape index (κ1) is 29.9. The third-order valence-electron chi connectivity index (χ3n) is 11.1. The number of fused-ring (bicyclic) bond motifs is 8. The smallest absolute Gasteiger partial charge is 0.0991 e. The standard InChI is InChI=1S/C50H30N2/c1-29-7-5-8-30(2)49(29)39-21-22-40-45-25-46-42(34-19-15-32(28-52)16-20-34)24-43-36-10-4-3-9-35(36)41(33-17-13-31(27-51)14-18-33)23-47(43)48(46)26-44(45)38-12-6-11-37(39)50(38)40/h3-26H,1-2H3. The summed E-state index contributed by atoms with van der Waals surface area (Å²) in [6, 6.07) is 56.6. The second kappa shape index (κ2) is 11.3. The van der Waals surface area contributed by atoms with Crippen molar-refractivity contribution in [3.63, 3.8) is 0 Å². The normalized spacial score (nSPS) is 11.6. The SMILES string of the molecule is Cc1cccc(C)c1-c1ccc2c3c(cccc13)-c1cc3c(cc1-2)c(-c1ccc(C#N)cc1)cc1c2ccccc2c(-c2ccc(C#N)cc2)cc31. The fourth-order valence-electron chi connectivity index (χ4n) is 8.73. The number of benzene rings is 9. The summed E-state index contributed by atoms with van der Waals surface area (Å²) in [6.45, 7) is 4.41. The van der Waals surface area contributed by atoms with E-state index >= 15 is 0 Å². The van der Waals surface area contributed by atoms with Crippen molar-refractivity contribution in [2.24, 2.45) is 0 Å². The highest BCUT2D eigenvalue weighted by atomic mass is 14.3. The van der Waals surface area contributed by atoms with Crippen LogP contribution in [0.5, 0.6) is 0 Å². The summed E-state index contributed by atoms with van der Waals surface area (Å²) in [6.07, 6.45) is 0. The lowest BCUT2D eigenvalue weighted by Gasteiger charge is -2.17. The molecule has 0 fully saturated rings. The van der Waals surface area contributed by atoms with Gasteiger partial charge >= 0.3 is 0 Å². The molecule has 9 aromatic carbocycles. The lowest BCUT2D eigenvalue weighted by atomic mass is 9.86. The fourth-order valence-corrected chi connectivity index (χ4v) is 8.73. The lowest BCUT2D eigenvalue weighted by molar-refractivity contribution is 1.38. The van der Waals surface area contributed by atoms with Crippen molar-refractivity contribution < 1.29 is 0 Å². The van der Waals surface area contributed by atoms with Crippen molar-refractivity contribution in [2.75, 3.05) is 0 Å². The van der Waals surface area contributed by atoms with Crippen molar-refractivity contribution in [3.05, 3.63) is 168 Å². The molecule has 52 heavy (non-hydrogen) atoms. The molecule has 0 atom stereocenters. The average molecular weight is 659 g/mol. The van der Waals surface area contributed by atoms with Gasteiger partial charge in [-0.3, -0.25) is 0 Å². The van der Waals surface area contributed by atoms with E-state index in [1.54, 1.807) is 0 Å². The average Bonchev–Trinajstić information content (AvgIpc) is 3.50. The Morgan fingerprint density at radius 2 is 0.808 bits per heavy atom. The maximum absolute atomic E-state index is 9.60. The summed E-state index contributed by atoms with van der Waals surface area (Å²) >= 11 is 0. The molecule has 240 valence electrons. The lowest BCUT2D eigenvalue weighted by Crippen LogP contribution is -1.91. The van der Waals surface area contributed by atoms with Gasteiger partial charge in [0.05, 0.1) is 23.3 Å². The summed E-state index contributed by atoms with van der Waals surface area (Å²) in [4.78, 5) is 0. The second-order valence-electron chi connectivity index (χ2n) is 14.0. The van der Waals surface area contributed by atoms with E-state index in [1.807, 2.05) is 24.3 Å². The molecule has 0 amide bonds. The van der Waals surface area contributed by atoms with Crippen LogP contribution in [0.1, 0.15) is 22.3 Å². The van der Waals surface area contributed by atoms with E-state index in [2.05, 4.69) is 147 Å². The number of nitrogens with zero attached hydrogens (tertiary/aromatic N) is 2. The monoisotopic (exact) mass is 658 g/mol. The minimum absolute atomic E-state index is 0.647. The van der Waals surface area contributed by atoms with Gasteiger partial charge < -0.3 is 0 Å². The molecule has 0 aliphatic heterocycles. The molecule has 9 aromatic rings. The van der Waals surface area contributed by atoms with E-state index in [4.69, 9.17) is 0 Å². The third kappa shape index (κ3) is 4.29. The Balaban J connectivity index is 1.32. The van der Waals surface area contributed by atoms with E-state index in [-0.39, 0.29) is 0 Å². The summed E-state index contributed by atoms with van der Waals surface area (Å²) in [5.41, 5.74) is 15.9. The van der Waals surface area contributed by atoms with Gasteiger partial charge in [0.25, 0.3) is 0 Å². The van der Waals surface area contributed by atoms with E-state index in [0.717, 1.165) is 22.3 Å². The van der Waals surface area contributed by atoms with E-state index < -0.39 is 0 Å². The minimum Gasteiger partial charge on any atom is -0.192 e. The van der Waals surface area contributed by atoms with Crippen molar-refractivity contribution in [2.45, 2.75) is 13.8 Å². The molecule has 0 heterocycles. The van der Waals surface area contributed by atoms with Gasteiger partial charge in [-0.05, 0) is 172 Å². The molecule has 0 spiro atoms. The van der Waals surface area contributed by atoms with Crippen LogP contribution in [0.3, 0.4) is 0 Å². The van der Waals surface area contributed by atoms with Gasteiger partial charge in [-0.2, -0.15) is 10.5 Å². The Kier molecular flexibility index (Phi) is 6.47. The van der Waals surface area contributed by atoms with Crippen molar-refractivity contribution >= 4 is 43.1 Å². The van der Waals surface area contributed by atoms with Crippen molar-refractivity contribution in [3.8, 4) is 67.8 Å². The van der Waals surface area contributed by atoms with Crippen LogP contribution in [0, 0.1) is 36.5 Å². The maximum atomic E-state index is 9.60. The molecular weight excluding hydrogens is 629 g/mol. The van der Waals surface area contributed by atoms with E-state index in [1.165, 1.54) is 87.6 Å². The van der Waals surface area contributed by atoms with Gasteiger partial charge in [0.1, 0.15) is 0 Å². The van der Waals surface area contributed by atoms with E-state index in [0.29, 0.717) is 11.1 Å². The van der Waals surface area contributed by atoms with Gasteiger partial charge in [0, 0.05) is 0 Å². The Morgan fingerprint density at radius 1 is 0.346 bits per heavy atom. The molecule has 1 aliphatic rings. The van der Waals surface area contributed by atoms with Gasteiger partial charge in [0.15, 0.2) is 0 Å². The number of rotatable bonds is 3. The highest BCUT2D eigenvalue weighted by Gasteiger charge is 2.26. The van der Waals surface area contributed by atoms with Crippen LogP contribution in [-0.4, -0.2) is 0 Å². The van der Waals surface area contributed by atoms with Gasteiger partial charge in [-0.15, -0.1) is 0 Å². The summed E-state index contributed by atoms with van der Waals surface area (Å²) in [5, 5.41) is 28.8. The van der Waals surface area contributed by atoms with Gasteiger partial charge in [-0.1, -0.05) is 97.1 Å². The predicted octanol–water partition coefficient (Wildman–Crippen LogP) is 13.3. The molecule has 10 rings (SSSR count). The van der Waals surface area contributed by atoms with Gasteiger partial charge in [0.2, 0.25) is 0 Å². The first-order valence-electron chi connectivity index (χ1n) is 17.6. The van der Waals surface area contributed by atoms with Crippen molar-refractivity contribution in [1.29, 1.82) is 10.5 Å². The van der Waals surface area contributed by atoms with Crippen molar-refractivity contribution in [1.82, 2.24) is 0 Å². The zero-order valence-electron chi connectivity index (χ0n) is 28.8. The first-order valence-corrected chi connectivity index (χ1v) is 17.6. The topological polar surface area (TPSA) is 47.6 Å². The molecule has 0 N–H and O–H groups in total. The van der Waals surface area contributed by atoms with E-state index in [9.17, 15) is 10.5 Å². The van der Waals surface area contributed by atoms with Crippen LogP contribution in [0.25, 0.3) is 98.7 Å². The quantitative estimate of drug-likeness (QED) is 0.177.